The lowest BCUT2D eigenvalue weighted by atomic mass is 9.83. The number of pyridine rings is 1. The number of aromatic nitrogens is 2. The molecule has 7 heteroatoms. The van der Waals surface area contributed by atoms with Crippen molar-refractivity contribution >= 4 is 17.5 Å². The third-order valence-corrected chi connectivity index (χ3v) is 6.13. The summed E-state index contributed by atoms with van der Waals surface area (Å²) in [7, 11) is 0. The average molecular weight is 369 g/mol. The molecule has 0 aromatic carbocycles. The zero-order valence-electron chi connectivity index (χ0n) is 15.9. The summed E-state index contributed by atoms with van der Waals surface area (Å²) in [4.78, 5) is 34.1. The highest BCUT2D eigenvalue weighted by molar-refractivity contribution is 6.00. The van der Waals surface area contributed by atoms with E-state index in [0.29, 0.717) is 37.1 Å². The second kappa shape index (κ2) is 6.96. The normalized spacial score (nSPS) is 20.7. The van der Waals surface area contributed by atoms with Gasteiger partial charge in [-0.1, -0.05) is 6.42 Å². The Hall–Kier alpha value is -2.41. The van der Waals surface area contributed by atoms with E-state index in [0.717, 1.165) is 31.6 Å². The fraction of sp³-hybridized carbons (Fsp3) is 0.550. The monoisotopic (exact) mass is 369 g/mol. The molecule has 144 valence electrons. The first-order chi connectivity index (χ1) is 13.0. The number of piperidine rings is 2. The van der Waals surface area contributed by atoms with E-state index in [-0.39, 0.29) is 11.8 Å². The fourth-order valence-corrected chi connectivity index (χ4v) is 4.59. The first-order valence-corrected chi connectivity index (χ1v) is 9.80. The van der Waals surface area contributed by atoms with E-state index in [4.69, 9.17) is 5.73 Å². The van der Waals surface area contributed by atoms with Gasteiger partial charge in [-0.2, -0.15) is 0 Å². The van der Waals surface area contributed by atoms with Crippen LogP contribution in [0, 0.1) is 6.92 Å². The molecule has 2 aliphatic rings. The predicted molar refractivity (Wildman–Crippen MR) is 102 cm³/mol. The van der Waals surface area contributed by atoms with E-state index in [1.807, 2.05) is 40.8 Å². The molecule has 7 nitrogen and oxygen atoms in total. The van der Waals surface area contributed by atoms with E-state index in [9.17, 15) is 9.59 Å². The second-order valence-electron chi connectivity index (χ2n) is 7.77. The van der Waals surface area contributed by atoms with Crippen LogP contribution in [-0.4, -0.2) is 62.7 Å². The minimum atomic E-state index is -0.604. The molecule has 0 bridgehead atoms. The first-order valence-electron chi connectivity index (χ1n) is 9.80. The lowest BCUT2D eigenvalue weighted by Crippen LogP contribution is -2.63. The number of nitrogens with two attached hydrogens (primary N) is 1. The number of imidazole rings is 1. The lowest BCUT2D eigenvalue weighted by molar-refractivity contribution is -0.134. The molecule has 2 N–H and O–H groups in total. The number of rotatable bonds is 3. The van der Waals surface area contributed by atoms with Crippen molar-refractivity contribution in [3.63, 3.8) is 0 Å². The molecule has 2 fully saturated rings. The topological polar surface area (TPSA) is 83.9 Å². The van der Waals surface area contributed by atoms with Gasteiger partial charge in [0.1, 0.15) is 11.2 Å². The summed E-state index contributed by atoms with van der Waals surface area (Å²) < 4.78 is 1.88. The predicted octanol–water partition coefficient (Wildman–Crippen LogP) is 1.59. The van der Waals surface area contributed by atoms with Crippen molar-refractivity contribution in [3.8, 4) is 0 Å². The number of nitrogens with zero attached hydrogens (tertiary/aromatic N) is 4. The standard InChI is InChI=1S/C20H27N5O2/c1-15-14-24-9-5-6-16(17(24)22-15)18(26)23-12-7-20(8-13-23,19(21)27)25-10-3-2-4-11-25/h5-6,9,14H,2-4,7-8,10-13H2,1H3,(H2,21,27). The molecule has 0 atom stereocenters. The molecule has 0 spiro atoms. The van der Waals surface area contributed by atoms with Crippen molar-refractivity contribution in [1.82, 2.24) is 19.2 Å². The quantitative estimate of drug-likeness (QED) is 0.890. The van der Waals surface area contributed by atoms with Crippen LogP contribution in [0.25, 0.3) is 5.65 Å². The largest absolute Gasteiger partial charge is 0.368 e. The molecule has 0 radical (unpaired) electrons. The zero-order chi connectivity index (χ0) is 19.0. The Balaban J connectivity index is 1.54. The fourth-order valence-electron chi connectivity index (χ4n) is 4.59. The van der Waals surface area contributed by atoms with Gasteiger partial charge in [0, 0.05) is 25.5 Å². The van der Waals surface area contributed by atoms with E-state index in [1.54, 1.807) is 0 Å². The number of hydrogen-bond donors (Lipinski definition) is 1. The first kappa shape index (κ1) is 18.0. The Morgan fingerprint density at radius 3 is 2.48 bits per heavy atom. The molecular formula is C20H27N5O2. The van der Waals surface area contributed by atoms with Gasteiger partial charge >= 0.3 is 0 Å². The summed E-state index contributed by atoms with van der Waals surface area (Å²) in [6.45, 7) is 4.84. The maximum Gasteiger partial charge on any atom is 0.257 e. The van der Waals surface area contributed by atoms with Gasteiger partial charge < -0.3 is 15.0 Å². The van der Waals surface area contributed by atoms with Crippen LogP contribution in [0.3, 0.4) is 0 Å². The van der Waals surface area contributed by atoms with Crippen molar-refractivity contribution in [2.24, 2.45) is 5.73 Å². The van der Waals surface area contributed by atoms with Gasteiger partial charge in [-0.05, 0) is 57.8 Å². The molecule has 2 saturated heterocycles. The van der Waals surface area contributed by atoms with Crippen LogP contribution in [0.2, 0.25) is 0 Å². The Morgan fingerprint density at radius 2 is 1.81 bits per heavy atom. The summed E-state index contributed by atoms with van der Waals surface area (Å²) in [5, 5.41) is 0. The number of aryl methyl sites for hydroxylation is 1. The van der Waals surface area contributed by atoms with Crippen LogP contribution in [0.15, 0.2) is 24.5 Å². The number of fused-ring (bicyclic) bond motifs is 1. The Morgan fingerprint density at radius 1 is 1.11 bits per heavy atom. The van der Waals surface area contributed by atoms with Crippen molar-refractivity contribution in [2.75, 3.05) is 26.2 Å². The van der Waals surface area contributed by atoms with Gasteiger partial charge in [0.2, 0.25) is 5.91 Å². The molecule has 4 heterocycles. The molecule has 27 heavy (non-hydrogen) atoms. The van der Waals surface area contributed by atoms with Crippen LogP contribution in [-0.2, 0) is 4.79 Å². The van der Waals surface area contributed by atoms with Crippen LogP contribution in [0.4, 0.5) is 0 Å². The van der Waals surface area contributed by atoms with Gasteiger partial charge in [0.05, 0.1) is 11.3 Å². The van der Waals surface area contributed by atoms with Crippen molar-refractivity contribution in [1.29, 1.82) is 0 Å². The number of carbonyl (C=O) groups excluding carboxylic acids is 2. The third kappa shape index (κ3) is 3.10. The van der Waals surface area contributed by atoms with Crippen LogP contribution < -0.4 is 5.73 Å². The third-order valence-electron chi connectivity index (χ3n) is 6.13. The number of carbonyl (C=O) groups is 2. The highest BCUT2D eigenvalue weighted by atomic mass is 16.2. The van der Waals surface area contributed by atoms with E-state index >= 15 is 0 Å². The summed E-state index contributed by atoms with van der Waals surface area (Å²) in [6.07, 6.45) is 8.45. The van der Waals surface area contributed by atoms with Gasteiger partial charge in [-0.25, -0.2) is 4.98 Å². The molecule has 4 rings (SSSR count). The van der Waals surface area contributed by atoms with Gasteiger partial charge in [0.25, 0.3) is 5.91 Å². The minimum Gasteiger partial charge on any atom is -0.368 e. The van der Waals surface area contributed by atoms with E-state index in [1.165, 1.54) is 6.42 Å². The summed E-state index contributed by atoms with van der Waals surface area (Å²) in [5.74, 6) is -0.273. The Bertz CT molecular complexity index is 860. The highest BCUT2D eigenvalue weighted by Crippen LogP contribution is 2.32. The molecule has 0 saturated carbocycles. The number of amides is 2. The molecule has 2 aromatic rings. The smallest absolute Gasteiger partial charge is 0.257 e. The van der Waals surface area contributed by atoms with Crippen molar-refractivity contribution in [3.05, 3.63) is 35.8 Å². The summed E-state index contributed by atoms with van der Waals surface area (Å²) >= 11 is 0. The molecule has 2 aliphatic heterocycles. The molecule has 0 aliphatic carbocycles. The summed E-state index contributed by atoms with van der Waals surface area (Å²) in [6, 6.07) is 3.69. The molecular weight excluding hydrogens is 342 g/mol. The lowest BCUT2D eigenvalue weighted by Gasteiger charge is -2.48. The number of likely N-dealkylation sites (tertiary alicyclic amines) is 2. The van der Waals surface area contributed by atoms with Crippen LogP contribution in [0.5, 0.6) is 0 Å². The van der Waals surface area contributed by atoms with Crippen molar-refractivity contribution < 1.29 is 9.59 Å². The zero-order valence-corrected chi connectivity index (χ0v) is 15.9. The van der Waals surface area contributed by atoms with Gasteiger partial charge in [-0.15, -0.1) is 0 Å². The van der Waals surface area contributed by atoms with E-state index in [2.05, 4.69) is 9.88 Å². The maximum atomic E-state index is 13.1. The molecule has 2 aromatic heterocycles. The molecule has 2 amide bonds. The van der Waals surface area contributed by atoms with Crippen LogP contribution in [0.1, 0.15) is 48.2 Å². The average Bonchev–Trinajstić information content (AvgIpc) is 3.08. The Kier molecular flexibility index (Phi) is 4.63. The van der Waals surface area contributed by atoms with E-state index < -0.39 is 5.54 Å². The SMILES string of the molecule is Cc1cn2cccc(C(=O)N3CCC(C(N)=O)(N4CCCCC4)CC3)c2n1. The minimum absolute atomic E-state index is 0.0251. The number of primary amides is 1. The van der Waals surface area contributed by atoms with Crippen LogP contribution >= 0.6 is 0 Å². The Labute approximate surface area is 159 Å². The molecule has 0 unspecified atom stereocenters. The maximum absolute atomic E-state index is 13.1. The summed E-state index contributed by atoms with van der Waals surface area (Å²) in [5.41, 5.74) is 7.41. The number of hydrogen-bond acceptors (Lipinski definition) is 4. The van der Waals surface area contributed by atoms with Gasteiger partial charge in [0.15, 0.2) is 0 Å². The second-order valence-corrected chi connectivity index (χ2v) is 7.77. The van der Waals surface area contributed by atoms with Gasteiger partial charge in [-0.3, -0.25) is 14.5 Å². The highest BCUT2D eigenvalue weighted by Gasteiger charge is 2.45. The van der Waals surface area contributed by atoms with Crippen molar-refractivity contribution in [2.45, 2.75) is 44.6 Å².